The van der Waals surface area contributed by atoms with Gasteiger partial charge in [0.15, 0.2) is 24.3 Å². The lowest BCUT2D eigenvalue weighted by molar-refractivity contribution is -0.227. The first-order valence-corrected chi connectivity index (χ1v) is 6.62. The molecular formula is C12H21NO7. The van der Waals surface area contributed by atoms with Gasteiger partial charge in [-0.2, -0.15) is 0 Å². The minimum atomic E-state index is -1.18. The highest BCUT2D eigenvalue weighted by Crippen LogP contribution is 2.39. The van der Waals surface area contributed by atoms with Crippen LogP contribution in [0.2, 0.25) is 0 Å². The summed E-state index contributed by atoms with van der Waals surface area (Å²) in [6.45, 7) is 5.09. The molecule has 2 fully saturated rings. The van der Waals surface area contributed by atoms with Crippen molar-refractivity contribution in [1.82, 2.24) is 5.32 Å². The topological polar surface area (TPSA) is 106 Å². The van der Waals surface area contributed by atoms with E-state index in [4.69, 9.17) is 24.1 Å². The van der Waals surface area contributed by atoms with Crippen LogP contribution in [0.25, 0.3) is 0 Å². The van der Waals surface area contributed by atoms with Gasteiger partial charge in [0.1, 0.15) is 12.2 Å². The molecule has 0 saturated carbocycles. The highest BCUT2D eigenvalue weighted by Gasteiger charge is 2.58. The first kappa shape index (κ1) is 15.5. The molecule has 5 atom stereocenters. The molecule has 8 nitrogen and oxygen atoms in total. The van der Waals surface area contributed by atoms with Gasteiger partial charge < -0.3 is 34.5 Å². The Morgan fingerprint density at radius 1 is 1.45 bits per heavy atom. The van der Waals surface area contributed by atoms with E-state index in [0.29, 0.717) is 6.54 Å². The summed E-state index contributed by atoms with van der Waals surface area (Å²) < 4.78 is 21.9. The molecule has 2 heterocycles. The molecule has 116 valence electrons. The van der Waals surface area contributed by atoms with Crippen molar-refractivity contribution < 1.29 is 34.0 Å². The Morgan fingerprint density at radius 3 is 2.75 bits per heavy atom. The fraction of sp³-hybridized carbons (Fsp3) is 0.917. The lowest BCUT2D eigenvalue weighted by Gasteiger charge is -2.27. The smallest absolute Gasteiger partial charge is 0.407 e. The number of hydrogen-bond acceptors (Lipinski definition) is 7. The fourth-order valence-electron chi connectivity index (χ4n) is 2.36. The summed E-state index contributed by atoms with van der Waals surface area (Å²) in [5, 5.41) is 21.3. The van der Waals surface area contributed by atoms with E-state index in [1.165, 1.54) is 0 Å². The van der Waals surface area contributed by atoms with Gasteiger partial charge in [-0.1, -0.05) is 0 Å². The molecule has 0 aromatic rings. The maximum Gasteiger partial charge on any atom is 0.407 e. The maximum atomic E-state index is 11.6. The van der Waals surface area contributed by atoms with E-state index in [2.05, 4.69) is 5.32 Å². The first-order valence-electron chi connectivity index (χ1n) is 6.62. The van der Waals surface area contributed by atoms with Gasteiger partial charge in [-0.25, -0.2) is 4.79 Å². The maximum absolute atomic E-state index is 11.6. The number of aliphatic hydroxyl groups is 2. The molecule has 0 spiro atoms. The van der Waals surface area contributed by atoms with E-state index in [9.17, 15) is 9.90 Å². The van der Waals surface area contributed by atoms with Crippen LogP contribution in [0.4, 0.5) is 4.79 Å². The SMILES string of the molecule is CCNC(=O)O[C@@H]1[C@H]2OC(C)(C)O[C@H]2O[C@@H]1[C@H](O)CO. The van der Waals surface area contributed by atoms with Crippen LogP contribution in [0.1, 0.15) is 20.8 Å². The van der Waals surface area contributed by atoms with Gasteiger partial charge in [-0.15, -0.1) is 0 Å². The number of ether oxygens (including phenoxy) is 4. The van der Waals surface area contributed by atoms with Crippen molar-refractivity contribution in [2.45, 2.75) is 57.3 Å². The van der Waals surface area contributed by atoms with Gasteiger partial charge in [0.05, 0.1) is 6.61 Å². The lowest BCUT2D eigenvalue weighted by atomic mass is 10.1. The Morgan fingerprint density at radius 2 is 2.15 bits per heavy atom. The predicted octanol–water partition coefficient (Wildman–Crippen LogP) is -0.669. The average molecular weight is 291 g/mol. The minimum absolute atomic E-state index is 0.413. The summed E-state index contributed by atoms with van der Waals surface area (Å²) in [7, 11) is 0. The largest absolute Gasteiger partial charge is 0.440 e. The van der Waals surface area contributed by atoms with Crippen molar-refractivity contribution in [3.05, 3.63) is 0 Å². The van der Waals surface area contributed by atoms with E-state index in [0.717, 1.165) is 0 Å². The van der Waals surface area contributed by atoms with Crippen molar-refractivity contribution in [2.24, 2.45) is 0 Å². The normalized spacial score (nSPS) is 36.5. The van der Waals surface area contributed by atoms with Gasteiger partial charge in [0.25, 0.3) is 0 Å². The van der Waals surface area contributed by atoms with E-state index in [-0.39, 0.29) is 0 Å². The van der Waals surface area contributed by atoms with Gasteiger partial charge in [0.2, 0.25) is 0 Å². The number of carbonyl (C=O) groups excluding carboxylic acids is 1. The molecular weight excluding hydrogens is 270 g/mol. The van der Waals surface area contributed by atoms with Crippen molar-refractivity contribution in [2.75, 3.05) is 13.2 Å². The van der Waals surface area contributed by atoms with Crippen molar-refractivity contribution in [1.29, 1.82) is 0 Å². The van der Waals surface area contributed by atoms with Crippen LogP contribution in [-0.4, -0.2) is 66.0 Å². The first-order chi connectivity index (χ1) is 9.38. The number of fused-ring (bicyclic) bond motifs is 1. The van der Waals surface area contributed by atoms with Gasteiger partial charge in [-0.3, -0.25) is 0 Å². The minimum Gasteiger partial charge on any atom is -0.440 e. The number of amides is 1. The van der Waals surface area contributed by atoms with Gasteiger partial charge in [0, 0.05) is 6.54 Å². The van der Waals surface area contributed by atoms with Gasteiger partial charge >= 0.3 is 6.09 Å². The van der Waals surface area contributed by atoms with Crippen LogP contribution in [0.3, 0.4) is 0 Å². The number of rotatable bonds is 4. The lowest BCUT2D eigenvalue weighted by Crippen LogP contribution is -2.46. The monoisotopic (exact) mass is 291 g/mol. The second kappa shape index (κ2) is 5.82. The summed E-state index contributed by atoms with van der Waals surface area (Å²) in [6.07, 6.45) is -4.95. The van der Waals surface area contributed by atoms with Crippen LogP contribution >= 0.6 is 0 Å². The Hall–Kier alpha value is -0.930. The molecule has 0 aliphatic carbocycles. The Balaban J connectivity index is 2.10. The van der Waals surface area contributed by atoms with Crippen LogP contribution in [0.5, 0.6) is 0 Å². The number of nitrogens with one attached hydrogen (secondary N) is 1. The van der Waals surface area contributed by atoms with E-state index >= 15 is 0 Å². The van der Waals surface area contributed by atoms with E-state index in [1.54, 1.807) is 20.8 Å². The molecule has 0 bridgehead atoms. The zero-order chi connectivity index (χ0) is 14.9. The van der Waals surface area contributed by atoms with Crippen LogP contribution in [0.15, 0.2) is 0 Å². The number of alkyl carbamates (subject to hydrolysis) is 1. The highest BCUT2D eigenvalue weighted by atomic mass is 16.8. The summed E-state index contributed by atoms with van der Waals surface area (Å²) in [5.74, 6) is -0.854. The molecule has 2 aliphatic heterocycles. The molecule has 20 heavy (non-hydrogen) atoms. The molecule has 8 heteroatoms. The van der Waals surface area contributed by atoms with Crippen molar-refractivity contribution in [3.8, 4) is 0 Å². The summed E-state index contributed by atoms with van der Waals surface area (Å²) in [4.78, 5) is 11.6. The molecule has 0 aromatic heterocycles. The fourth-order valence-corrected chi connectivity index (χ4v) is 2.36. The van der Waals surface area contributed by atoms with Crippen LogP contribution in [-0.2, 0) is 18.9 Å². The van der Waals surface area contributed by atoms with Gasteiger partial charge in [-0.05, 0) is 20.8 Å². The number of aliphatic hydroxyl groups excluding tert-OH is 2. The predicted molar refractivity (Wildman–Crippen MR) is 65.7 cm³/mol. The van der Waals surface area contributed by atoms with Crippen LogP contribution in [0, 0.1) is 0 Å². The van der Waals surface area contributed by atoms with E-state index in [1.807, 2.05) is 0 Å². The summed E-state index contributed by atoms with van der Waals surface area (Å²) in [5.41, 5.74) is 0. The molecule has 2 aliphatic rings. The quantitative estimate of drug-likeness (QED) is 0.630. The molecule has 0 aromatic carbocycles. The third-order valence-corrected chi connectivity index (χ3v) is 3.16. The third-order valence-electron chi connectivity index (χ3n) is 3.16. The van der Waals surface area contributed by atoms with Crippen molar-refractivity contribution in [3.63, 3.8) is 0 Å². The van der Waals surface area contributed by atoms with Crippen molar-refractivity contribution >= 4 is 6.09 Å². The Labute approximate surface area is 116 Å². The summed E-state index contributed by atoms with van der Waals surface area (Å²) >= 11 is 0. The number of carbonyl (C=O) groups is 1. The zero-order valence-electron chi connectivity index (χ0n) is 11.7. The standard InChI is InChI=1S/C12H21NO7/c1-4-13-11(16)18-8-7(6(15)5-14)17-10-9(8)19-12(2,3)20-10/h6-10,14-15H,4-5H2,1-3H3,(H,13,16)/t6-,7-,8+,9-,10-/m1/s1. The second-order valence-electron chi connectivity index (χ2n) is 5.22. The Kier molecular flexibility index (Phi) is 4.50. The van der Waals surface area contributed by atoms with E-state index < -0.39 is 49.2 Å². The number of hydrogen-bond donors (Lipinski definition) is 3. The summed E-state index contributed by atoms with van der Waals surface area (Å²) in [6, 6.07) is 0. The second-order valence-corrected chi connectivity index (χ2v) is 5.22. The molecule has 2 saturated heterocycles. The third kappa shape index (κ3) is 3.04. The highest BCUT2D eigenvalue weighted by molar-refractivity contribution is 5.67. The Bertz CT molecular complexity index is 362. The van der Waals surface area contributed by atoms with Crippen LogP contribution < -0.4 is 5.32 Å². The average Bonchev–Trinajstić information content (AvgIpc) is 2.82. The molecule has 1 amide bonds. The molecule has 3 N–H and O–H groups in total. The zero-order valence-corrected chi connectivity index (χ0v) is 11.7. The molecule has 2 rings (SSSR count). The molecule has 0 radical (unpaired) electrons. The molecule has 0 unspecified atom stereocenters.